The Labute approximate surface area is 218 Å². The van der Waals surface area contributed by atoms with Gasteiger partial charge >= 0.3 is 0 Å². The van der Waals surface area contributed by atoms with E-state index in [4.69, 9.17) is 4.74 Å². The highest BCUT2D eigenvalue weighted by atomic mass is 32.2. The third-order valence-corrected chi connectivity index (χ3v) is 6.30. The zero-order valence-electron chi connectivity index (χ0n) is 20.4. The van der Waals surface area contributed by atoms with E-state index >= 15 is 0 Å². The van der Waals surface area contributed by atoms with E-state index in [2.05, 4.69) is 20.8 Å². The number of aryl methyl sites for hydroxylation is 1. The Morgan fingerprint density at radius 3 is 2.54 bits per heavy atom. The SMILES string of the molecule is CCOc1ccc(NCc2nnc(SCC(=O)Nc3cc([N+](=O)[O-])ccc3C)n2-c2ccccc2)cc1. The molecule has 0 fully saturated rings. The van der Waals surface area contributed by atoms with E-state index in [-0.39, 0.29) is 17.3 Å². The molecule has 0 aliphatic heterocycles. The minimum Gasteiger partial charge on any atom is -0.494 e. The fourth-order valence-corrected chi connectivity index (χ4v) is 4.31. The van der Waals surface area contributed by atoms with Crippen LogP contribution in [0.5, 0.6) is 5.75 Å². The van der Waals surface area contributed by atoms with E-state index in [1.54, 1.807) is 13.0 Å². The first kappa shape index (κ1) is 25.7. The van der Waals surface area contributed by atoms with Gasteiger partial charge in [0.15, 0.2) is 11.0 Å². The summed E-state index contributed by atoms with van der Waals surface area (Å²) in [7, 11) is 0. The number of anilines is 2. The van der Waals surface area contributed by atoms with Crippen molar-refractivity contribution in [1.82, 2.24) is 14.8 Å². The Morgan fingerprint density at radius 1 is 1.08 bits per heavy atom. The van der Waals surface area contributed by atoms with E-state index in [1.807, 2.05) is 66.1 Å². The van der Waals surface area contributed by atoms with Gasteiger partial charge in [0.05, 0.1) is 29.5 Å². The highest BCUT2D eigenvalue weighted by molar-refractivity contribution is 7.99. The molecule has 2 N–H and O–H groups in total. The standard InChI is InChI=1S/C26H26N6O4S/c1-3-36-22-13-10-19(11-14-22)27-16-24-29-30-26(31(24)20-7-5-4-6-8-20)37-17-25(33)28-23-15-21(32(34)35)12-9-18(23)2/h4-15,27H,3,16-17H2,1-2H3,(H,28,33). The molecule has 0 aliphatic rings. The molecule has 1 amide bonds. The molecule has 0 radical (unpaired) electrons. The number of amides is 1. The first-order valence-electron chi connectivity index (χ1n) is 11.6. The van der Waals surface area contributed by atoms with Crippen molar-refractivity contribution in [3.63, 3.8) is 0 Å². The van der Waals surface area contributed by atoms with Gasteiger partial charge in [0.2, 0.25) is 5.91 Å². The second-order valence-corrected chi connectivity index (χ2v) is 8.92. The fourth-order valence-electron chi connectivity index (χ4n) is 3.54. The molecule has 10 nitrogen and oxygen atoms in total. The molecule has 0 unspecified atom stereocenters. The van der Waals surface area contributed by atoms with Gasteiger partial charge < -0.3 is 15.4 Å². The van der Waals surface area contributed by atoms with Crippen LogP contribution < -0.4 is 15.4 Å². The van der Waals surface area contributed by atoms with Crippen LogP contribution in [0.3, 0.4) is 0 Å². The molecule has 3 aromatic carbocycles. The molecule has 37 heavy (non-hydrogen) atoms. The van der Waals surface area contributed by atoms with E-state index in [0.717, 1.165) is 22.7 Å². The van der Waals surface area contributed by atoms with E-state index in [9.17, 15) is 14.9 Å². The maximum atomic E-state index is 12.7. The number of nitro benzene ring substituents is 1. The highest BCUT2D eigenvalue weighted by Gasteiger charge is 2.17. The molecular weight excluding hydrogens is 492 g/mol. The van der Waals surface area contributed by atoms with Crippen molar-refractivity contribution < 1.29 is 14.5 Å². The normalized spacial score (nSPS) is 10.6. The van der Waals surface area contributed by atoms with Gasteiger partial charge in [-0.15, -0.1) is 10.2 Å². The van der Waals surface area contributed by atoms with Crippen LogP contribution in [0.4, 0.5) is 17.1 Å². The zero-order valence-corrected chi connectivity index (χ0v) is 21.2. The van der Waals surface area contributed by atoms with Crippen LogP contribution in [0.25, 0.3) is 5.69 Å². The van der Waals surface area contributed by atoms with Gasteiger partial charge in [-0.3, -0.25) is 19.5 Å². The number of hydrogen-bond acceptors (Lipinski definition) is 8. The Morgan fingerprint density at radius 2 is 1.84 bits per heavy atom. The van der Waals surface area contributed by atoms with Crippen molar-refractivity contribution in [2.45, 2.75) is 25.5 Å². The largest absolute Gasteiger partial charge is 0.494 e. The van der Waals surface area contributed by atoms with E-state index in [0.29, 0.717) is 29.8 Å². The summed E-state index contributed by atoms with van der Waals surface area (Å²) in [5, 5.41) is 26.4. The predicted molar refractivity (Wildman–Crippen MR) is 143 cm³/mol. The number of rotatable bonds is 11. The molecular formula is C26H26N6O4S. The summed E-state index contributed by atoms with van der Waals surface area (Å²) in [4.78, 5) is 23.3. The highest BCUT2D eigenvalue weighted by Crippen LogP contribution is 2.25. The van der Waals surface area contributed by atoms with Crippen LogP contribution in [-0.2, 0) is 11.3 Å². The number of benzene rings is 3. The van der Waals surface area contributed by atoms with Gasteiger partial charge in [-0.25, -0.2) is 0 Å². The number of carbonyl (C=O) groups excluding carboxylic acids is 1. The van der Waals surface area contributed by atoms with E-state index in [1.165, 1.54) is 23.9 Å². The predicted octanol–water partition coefficient (Wildman–Crippen LogP) is 5.23. The minimum absolute atomic E-state index is 0.0550. The molecule has 0 bridgehead atoms. The van der Waals surface area contributed by atoms with Crippen LogP contribution in [0.15, 0.2) is 78.0 Å². The molecule has 0 saturated carbocycles. The third-order valence-electron chi connectivity index (χ3n) is 5.37. The van der Waals surface area contributed by atoms with Crippen molar-refractivity contribution in [2.24, 2.45) is 0 Å². The van der Waals surface area contributed by atoms with Gasteiger partial charge in [-0.2, -0.15) is 0 Å². The van der Waals surface area contributed by atoms with Crippen LogP contribution in [0.2, 0.25) is 0 Å². The average molecular weight is 519 g/mol. The Bertz CT molecular complexity index is 1380. The molecule has 11 heteroatoms. The molecule has 4 rings (SSSR count). The lowest BCUT2D eigenvalue weighted by Crippen LogP contribution is -2.15. The molecule has 1 aromatic heterocycles. The van der Waals surface area contributed by atoms with Crippen LogP contribution in [-0.4, -0.2) is 38.0 Å². The molecule has 0 saturated heterocycles. The average Bonchev–Trinajstić information content (AvgIpc) is 3.31. The van der Waals surface area contributed by atoms with Crippen molar-refractivity contribution in [1.29, 1.82) is 0 Å². The van der Waals surface area contributed by atoms with Crippen LogP contribution >= 0.6 is 11.8 Å². The minimum atomic E-state index is -0.491. The lowest BCUT2D eigenvalue weighted by Gasteiger charge is -2.12. The Balaban J connectivity index is 1.47. The summed E-state index contributed by atoms with van der Waals surface area (Å²) in [5.41, 5.74) is 2.84. The van der Waals surface area contributed by atoms with Crippen molar-refractivity contribution >= 4 is 34.7 Å². The van der Waals surface area contributed by atoms with Gasteiger partial charge in [-0.05, 0) is 55.8 Å². The smallest absolute Gasteiger partial charge is 0.271 e. The number of thioether (sulfide) groups is 1. The van der Waals surface area contributed by atoms with Crippen LogP contribution in [0, 0.1) is 17.0 Å². The number of nitrogens with one attached hydrogen (secondary N) is 2. The maximum absolute atomic E-state index is 12.7. The Kier molecular flexibility index (Phi) is 8.37. The molecule has 0 aliphatic carbocycles. The van der Waals surface area contributed by atoms with E-state index < -0.39 is 4.92 Å². The molecule has 1 heterocycles. The van der Waals surface area contributed by atoms with Crippen molar-refractivity contribution in [3.05, 3.63) is 94.3 Å². The number of para-hydroxylation sites is 1. The molecule has 0 spiro atoms. The van der Waals surface area contributed by atoms with Crippen molar-refractivity contribution in [3.8, 4) is 11.4 Å². The summed E-state index contributed by atoms with van der Waals surface area (Å²) in [6.07, 6.45) is 0. The summed E-state index contributed by atoms with van der Waals surface area (Å²) >= 11 is 1.23. The summed E-state index contributed by atoms with van der Waals surface area (Å²) in [6.45, 7) is 4.74. The van der Waals surface area contributed by atoms with Crippen molar-refractivity contribution in [2.75, 3.05) is 23.0 Å². The summed E-state index contributed by atoms with van der Waals surface area (Å²) in [5.74, 6) is 1.24. The zero-order chi connectivity index (χ0) is 26.2. The summed E-state index contributed by atoms with van der Waals surface area (Å²) < 4.78 is 7.39. The monoisotopic (exact) mass is 518 g/mol. The number of nitrogens with zero attached hydrogens (tertiary/aromatic N) is 4. The molecule has 0 atom stereocenters. The first-order valence-corrected chi connectivity index (χ1v) is 12.6. The first-order chi connectivity index (χ1) is 17.9. The van der Waals surface area contributed by atoms with Gasteiger partial charge in [-0.1, -0.05) is 36.0 Å². The topological polar surface area (TPSA) is 124 Å². The van der Waals surface area contributed by atoms with Gasteiger partial charge in [0, 0.05) is 23.5 Å². The Hall–Kier alpha value is -4.38. The summed E-state index contributed by atoms with van der Waals surface area (Å²) in [6, 6.07) is 21.7. The second-order valence-electron chi connectivity index (χ2n) is 7.97. The quantitative estimate of drug-likeness (QED) is 0.157. The maximum Gasteiger partial charge on any atom is 0.271 e. The molecule has 4 aromatic rings. The number of non-ortho nitro benzene ring substituents is 1. The fraction of sp³-hybridized carbons (Fsp3) is 0.192. The number of hydrogen-bond donors (Lipinski definition) is 2. The van der Waals surface area contributed by atoms with Crippen LogP contribution in [0.1, 0.15) is 18.3 Å². The molecule has 190 valence electrons. The third kappa shape index (κ3) is 6.64. The number of aromatic nitrogens is 3. The lowest BCUT2D eigenvalue weighted by molar-refractivity contribution is -0.384. The number of carbonyl (C=O) groups is 1. The number of nitro groups is 1. The number of ether oxygens (including phenoxy) is 1. The van der Waals surface area contributed by atoms with Gasteiger partial charge in [0.1, 0.15) is 5.75 Å². The second kappa shape index (κ2) is 12.0. The lowest BCUT2D eigenvalue weighted by atomic mass is 10.2. The van der Waals surface area contributed by atoms with Gasteiger partial charge in [0.25, 0.3) is 5.69 Å².